The number of benzene rings is 1. The maximum Gasteiger partial charge on any atom is 0.344 e. The van der Waals surface area contributed by atoms with Gasteiger partial charge < -0.3 is 10.1 Å². The van der Waals surface area contributed by atoms with Gasteiger partial charge in [0.05, 0.1) is 5.56 Å². The predicted molar refractivity (Wildman–Crippen MR) is 95.5 cm³/mol. The van der Waals surface area contributed by atoms with E-state index in [9.17, 15) is 19.2 Å². The van der Waals surface area contributed by atoms with Gasteiger partial charge in [-0.15, -0.1) is 0 Å². The summed E-state index contributed by atoms with van der Waals surface area (Å²) < 4.78 is 5.00. The van der Waals surface area contributed by atoms with Crippen molar-refractivity contribution in [2.24, 2.45) is 0 Å². The Bertz CT molecular complexity index is 778. The van der Waals surface area contributed by atoms with E-state index in [1.165, 1.54) is 0 Å². The van der Waals surface area contributed by atoms with Crippen molar-refractivity contribution in [3.8, 4) is 0 Å². The van der Waals surface area contributed by atoms with Crippen LogP contribution in [0.15, 0.2) is 18.2 Å². The van der Waals surface area contributed by atoms with E-state index in [1.54, 1.807) is 12.1 Å². The minimum absolute atomic E-state index is 0.344. The van der Waals surface area contributed by atoms with Gasteiger partial charge in [-0.3, -0.25) is 15.0 Å². The molecule has 1 spiro atoms. The summed E-state index contributed by atoms with van der Waals surface area (Å²) in [6.07, 6.45) is 3.84. The zero-order valence-corrected chi connectivity index (χ0v) is 15.5. The molecule has 8 heteroatoms. The number of rotatable bonds is 4. The summed E-state index contributed by atoms with van der Waals surface area (Å²) in [5.74, 6) is -1.84. The molecule has 1 aliphatic carbocycles. The fraction of sp³-hybridized carbons (Fsp3) is 0.474. The molecule has 1 heterocycles. The lowest BCUT2D eigenvalue weighted by Crippen LogP contribution is -2.51. The Kier molecular flexibility index (Phi) is 5.16. The summed E-state index contributed by atoms with van der Waals surface area (Å²) >= 11 is 0. The van der Waals surface area contributed by atoms with Crippen LogP contribution in [-0.2, 0) is 14.3 Å². The van der Waals surface area contributed by atoms with E-state index in [2.05, 4.69) is 10.7 Å². The van der Waals surface area contributed by atoms with Crippen molar-refractivity contribution < 1.29 is 23.9 Å². The number of aryl methyl sites for hydroxylation is 2. The molecule has 1 saturated carbocycles. The van der Waals surface area contributed by atoms with Gasteiger partial charge in [-0.05, 0) is 38.8 Å². The molecule has 1 aromatic carbocycles. The van der Waals surface area contributed by atoms with Gasteiger partial charge in [-0.1, -0.05) is 36.5 Å². The van der Waals surface area contributed by atoms with Gasteiger partial charge in [0, 0.05) is 0 Å². The summed E-state index contributed by atoms with van der Waals surface area (Å²) in [5.41, 5.74) is 3.47. The molecule has 1 aliphatic heterocycles. The second-order valence-corrected chi connectivity index (χ2v) is 7.20. The van der Waals surface area contributed by atoms with Crippen molar-refractivity contribution in [2.45, 2.75) is 51.5 Å². The number of ether oxygens (including phenoxy) is 1. The standard InChI is InChI=1S/C19H23N3O5/c1-12-8-13(2)10-14(9-12)16(24)27-11-15(23)21-22-17(25)19(20-18(22)26)6-4-3-5-7-19/h8-10H,3-7,11H2,1-2H3,(H,20,26)(H,21,23). The van der Waals surface area contributed by atoms with E-state index >= 15 is 0 Å². The highest BCUT2D eigenvalue weighted by Crippen LogP contribution is 2.32. The lowest BCUT2D eigenvalue weighted by Gasteiger charge is -2.30. The number of imide groups is 1. The fourth-order valence-corrected chi connectivity index (χ4v) is 3.68. The van der Waals surface area contributed by atoms with Gasteiger partial charge in [0.25, 0.3) is 11.8 Å². The maximum absolute atomic E-state index is 12.6. The van der Waals surface area contributed by atoms with Crippen molar-refractivity contribution in [1.29, 1.82) is 0 Å². The predicted octanol–water partition coefficient (Wildman–Crippen LogP) is 1.75. The first-order valence-corrected chi connectivity index (χ1v) is 9.02. The van der Waals surface area contributed by atoms with E-state index in [-0.39, 0.29) is 0 Å². The molecule has 0 bridgehead atoms. The highest BCUT2D eigenvalue weighted by Gasteiger charge is 2.52. The van der Waals surface area contributed by atoms with E-state index in [1.807, 2.05) is 19.9 Å². The van der Waals surface area contributed by atoms with Crippen LogP contribution in [0.4, 0.5) is 4.79 Å². The van der Waals surface area contributed by atoms with Crippen molar-refractivity contribution >= 4 is 23.8 Å². The first-order valence-electron chi connectivity index (χ1n) is 9.02. The molecule has 0 aromatic heterocycles. The number of esters is 1. The fourth-order valence-electron chi connectivity index (χ4n) is 3.68. The third-order valence-corrected chi connectivity index (χ3v) is 4.90. The summed E-state index contributed by atoms with van der Waals surface area (Å²) in [4.78, 5) is 48.9. The molecule has 1 saturated heterocycles. The van der Waals surface area contributed by atoms with E-state index in [4.69, 9.17) is 4.74 Å². The largest absolute Gasteiger partial charge is 0.452 e. The summed E-state index contributed by atoms with van der Waals surface area (Å²) in [7, 11) is 0. The summed E-state index contributed by atoms with van der Waals surface area (Å²) in [5, 5.41) is 3.39. The van der Waals surface area contributed by atoms with Gasteiger partial charge in [-0.25, -0.2) is 9.59 Å². The second-order valence-electron chi connectivity index (χ2n) is 7.20. The van der Waals surface area contributed by atoms with Crippen LogP contribution in [-0.4, -0.2) is 41.0 Å². The molecule has 2 aliphatic rings. The molecule has 2 N–H and O–H groups in total. The van der Waals surface area contributed by atoms with Crippen LogP contribution in [0, 0.1) is 13.8 Å². The van der Waals surface area contributed by atoms with Crippen LogP contribution in [0.3, 0.4) is 0 Å². The molecule has 0 unspecified atom stereocenters. The van der Waals surface area contributed by atoms with Crippen LogP contribution in [0.25, 0.3) is 0 Å². The lowest BCUT2D eigenvalue weighted by atomic mass is 9.82. The van der Waals surface area contributed by atoms with E-state index in [0.717, 1.165) is 30.4 Å². The highest BCUT2D eigenvalue weighted by molar-refractivity contribution is 6.08. The molecular formula is C19H23N3O5. The number of carbonyl (C=O) groups excluding carboxylic acids is 4. The minimum Gasteiger partial charge on any atom is -0.452 e. The number of hydrogen-bond acceptors (Lipinski definition) is 5. The van der Waals surface area contributed by atoms with Crippen LogP contribution < -0.4 is 10.7 Å². The lowest BCUT2D eigenvalue weighted by molar-refractivity contribution is -0.140. The maximum atomic E-state index is 12.6. The molecule has 8 nitrogen and oxygen atoms in total. The Morgan fingerprint density at radius 1 is 1.11 bits per heavy atom. The minimum atomic E-state index is -0.918. The van der Waals surface area contributed by atoms with Crippen molar-refractivity contribution in [3.05, 3.63) is 34.9 Å². The third kappa shape index (κ3) is 3.94. The van der Waals surface area contributed by atoms with Gasteiger partial charge in [-0.2, -0.15) is 5.01 Å². The molecule has 27 heavy (non-hydrogen) atoms. The molecule has 2 fully saturated rings. The molecule has 3 rings (SSSR count). The average Bonchev–Trinajstić information content (AvgIpc) is 2.83. The third-order valence-electron chi connectivity index (χ3n) is 4.90. The van der Waals surface area contributed by atoms with Crippen LogP contribution >= 0.6 is 0 Å². The normalized spacial score (nSPS) is 18.4. The van der Waals surface area contributed by atoms with Crippen molar-refractivity contribution in [1.82, 2.24) is 15.8 Å². The zero-order chi connectivity index (χ0) is 19.6. The number of hydrogen-bond donors (Lipinski definition) is 2. The highest BCUT2D eigenvalue weighted by atomic mass is 16.5. The van der Waals surface area contributed by atoms with Gasteiger partial charge >= 0.3 is 12.0 Å². The monoisotopic (exact) mass is 373 g/mol. The smallest absolute Gasteiger partial charge is 0.344 e. The second kappa shape index (κ2) is 7.38. The van der Waals surface area contributed by atoms with Gasteiger partial charge in [0.15, 0.2) is 6.61 Å². The molecular weight excluding hydrogens is 350 g/mol. The Hall–Kier alpha value is -2.90. The Morgan fingerprint density at radius 3 is 2.37 bits per heavy atom. The number of hydrazine groups is 1. The quantitative estimate of drug-likeness (QED) is 0.618. The van der Waals surface area contributed by atoms with Crippen molar-refractivity contribution in [2.75, 3.05) is 6.61 Å². The Labute approximate surface area is 157 Å². The molecule has 0 atom stereocenters. The Balaban J connectivity index is 1.57. The molecule has 0 radical (unpaired) electrons. The Morgan fingerprint density at radius 2 is 1.74 bits per heavy atom. The SMILES string of the molecule is Cc1cc(C)cc(C(=O)OCC(=O)NN2C(=O)NC3(CCCCC3)C2=O)c1. The number of carbonyl (C=O) groups is 4. The van der Waals surface area contributed by atoms with E-state index < -0.39 is 36.0 Å². The van der Waals surface area contributed by atoms with Gasteiger partial charge in [0.2, 0.25) is 0 Å². The topological polar surface area (TPSA) is 105 Å². The number of nitrogens with zero attached hydrogens (tertiary/aromatic N) is 1. The first kappa shape index (κ1) is 18.9. The average molecular weight is 373 g/mol. The summed E-state index contributed by atoms with van der Waals surface area (Å²) in [6.45, 7) is 3.13. The first-order chi connectivity index (χ1) is 12.8. The van der Waals surface area contributed by atoms with Crippen LogP contribution in [0.1, 0.15) is 53.6 Å². The summed E-state index contributed by atoms with van der Waals surface area (Å²) in [6, 6.07) is 4.59. The number of amides is 4. The zero-order valence-electron chi connectivity index (χ0n) is 15.5. The number of nitrogens with one attached hydrogen (secondary N) is 2. The van der Waals surface area contributed by atoms with E-state index in [0.29, 0.717) is 23.4 Å². The van der Waals surface area contributed by atoms with Crippen molar-refractivity contribution in [3.63, 3.8) is 0 Å². The molecule has 1 aromatic rings. The van der Waals surface area contributed by atoms with Crippen LogP contribution in [0.2, 0.25) is 0 Å². The number of urea groups is 1. The van der Waals surface area contributed by atoms with Crippen LogP contribution in [0.5, 0.6) is 0 Å². The van der Waals surface area contributed by atoms with Gasteiger partial charge in [0.1, 0.15) is 5.54 Å². The molecule has 144 valence electrons. The molecule has 4 amide bonds.